The normalized spacial score (nSPS) is 11.8. The molecule has 20 heavy (non-hydrogen) atoms. The van der Waals surface area contributed by atoms with Crippen LogP contribution in [0.25, 0.3) is 0 Å². The third-order valence-electron chi connectivity index (χ3n) is 3.30. The van der Waals surface area contributed by atoms with Crippen LogP contribution in [0.3, 0.4) is 0 Å². The second kappa shape index (κ2) is 5.26. The van der Waals surface area contributed by atoms with Crippen molar-refractivity contribution in [2.45, 2.75) is 25.3 Å². The minimum atomic E-state index is -3.60. The van der Waals surface area contributed by atoms with Crippen LogP contribution in [-0.2, 0) is 23.6 Å². The van der Waals surface area contributed by atoms with Gasteiger partial charge < -0.3 is 5.73 Å². The molecule has 0 bridgehead atoms. The Morgan fingerprint density at radius 3 is 2.65 bits per heavy atom. The fourth-order valence-electron chi connectivity index (χ4n) is 1.95. The lowest BCUT2D eigenvalue weighted by Crippen LogP contribution is -2.25. The molecule has 0 atom stereocenters. The maximum Gasteiger partial charge on any atom is 0.241 e. The molecule has 0 fully saturated rings. The average molecular weight is 294 g/mol. The number of nitrogens with one attached hydrogen (secondary N) is 1. The van der Waals surface area contributed by atoms with Gasteiger partial charge in [-0.3, -0.25) is 4.68 Å². The summed E-state index contributed by atoms with van der Waals surface area (Å²) in [6, 6.07) is 5.00. The molecule has 3 N–H and O–H groups in total. The molecule has 0 aliphatic heterocycles. The van der Waals surface area contributed by atoms with Gasteiger partial charge in [-0.2, -0.15) is 5.10 Å². The fraction of sp³-hybridized carbons (Fsp3) is 0.308. The SMILES string of the molecule is Cc1cc(N)cc(S(=O)(=O)NCc2ccnn2C)c1C. The van der Waals surface area contributed by atoms with Gasteiger partial charge in [-0.05, 0) is 43.2 Å². The zero-order valence-electron chi connectivity index (χ0n) is 11.7. The first kappa shape index (κ1) is 14.5. The Hall–Kier alpha value is -1.86. The van der Waals surface area contributed by atoms with Crippen molar-refractivity contribution >= 4 is 15.7 Å². The van der Waals surface area contributed by atoms with E-state index in [1.165, 1.54) is 6.07 Å². The van der Waals surface area contributed by atoms with E-state index in [1.54, 1.807) is 37.0 Å². The van der Waals surface area contributed by atoms with Crippen molar-refractivity contribution in [2.24, 2.45) is 7.05 Å². The van der Waals surface area contributed by atoms with Crippen molar-refractivity contribution in [3.8, 4) is 0 Å². The Morgan fingerprint density at radius 1 is 1.35 bits per heavy atom. The van der Waals surface area contributed by atoms with Crippen LogP contribution in [0.2, 0.25) is 0 Å². The average Bonchev–Trinajstić information content (AvgIpc) is 2.77. The molecular formula is C13H18N4O2S. The van der Waals surface area contributed by atoms with Gasteiger partial charge in [0.1, 0.15) is 0 Å². The number of rotatable bonds is 4. The van der Waals surface area contributed by atoms with Crippen molar-refractivity contribution in [3.05, 3.63) is 41.2 Å². The molecule has 1 aromatic carbocycles. The van der Waals surface area contributed by atoms with Crippen LogP contribution < -0.4 is 10.5 Å². The van der Waals surface area contributed by atoms with E-state index >= 15 is 0 Å². The molecule has 0 radical (unpaired) electrons. The second-order valence-electron chi connectivity index (χ2n) is 4.73. The Bertz CT molecular complexity index is 735. The summed E-state index contributed by atoms with van der Waals surface area (Å²) < 4.78 is 28.9. The number of sulfonamides is 1. The number of hydrogen-bond donors (Lipinski definition) is 2. The minimum Gasteiger partial charge on any atom is -0.399 e. The molecule has 108 valence electrons. The van der Waals surface area contributed by atoms with E-state index in [9.17, 15) is 8.42 Å². The number of aryl methyl sites for hydroxylation is 2. The van der Waals surface area contributed by atoms with Crippen LogP contribution in [0.15, 0.2) is 29.3 Å². The third-order valence-corrected chi connectivity index (χ3v) is 4.82. The summed E-state index contributed by atoms with van der Waals surface area (Å²) in [6.45, 7) is 3.80. The number of anilines is 1. The molecule has 0 spiro atoms. The van der Waals surface area contributed by atoms with Gasteiger partial charge in [0.25, 0.3) is 0 Å². The highest BCUT2D eigenvalue weighted by Gasteiger charge is 2.18. The monoisotopic (exact) mass is 294 g/mol. The molecule has 2 aromatic rings. The Balaban J connectivity index is 2.29. The second-order valence-corrected chi connectivity index (χ2v) is 6.47. The summed E-state index contributed by atoms with van der Waals surface area (Å²) in [5.74, 6) is 0. The minimum absolute atomic E-state index is 0.187. The van der Waals surface area contributed by atoms with Gasteiger partial charge in [0.2, 0.25) is 10.0 Å². The summed E-state index contributed by atoms with van der Waals surface area (Å²) in [7, 11) is -1.84. The molecule has 0 saturated carbocycles. The van der Waals surface area contributed by atoms with Gasteiger partial charge >= 0.3 is 0 Å². The molecule has 0 amide bonds. The molecule has 0 unspecified atom stereocenters. The van der Waals surface area contributed by atoms with E-state index in [1.807, 2.05) is 6.92 Å². The van der Waals surface area contributed by atoms with Crippen LogP contribution in [0, 0.1) is 13.8 Å². The molecule has 2 rings (SSSR count). The van der Waals surface area contributed by atoms with Crippen molar-refractivity contribution < 1.29 is 8.42 Å². The van der Waals surface area contributed by atoms with E-state index in [2.05, 4.69) is 9.82 Å². The first-order valence-corrected chi connectivity index (χ1v) is 7.63. The summed E-state index contributed by atoms with van der Waals surface area (Å²) in [6.07, 6.45) is 1.62. The summed E-state index contributed by atoms with van der Waals surface area (Å²) >= 11 is 0. The number of hydrogen-bond acceptors (Lipinski definition) is 4. The van der Waals surface area contributed by atoms with Crippen LogP contribution in [0.5, 0.6) is 0 Å². The lowest BCUT2D eigenvalue weighted by atomic mass is 10.1. The highest BCUT2D eigenvalue weighted by Crippen LogP contribution is 2.22. The van der Waals surface area contributed by atoms with Gasteiger partial charge in [-0.1, -0.05) is 0 Å². The zero-order chi connectivity index (χ0) is 14.9. The maximum atomic E-state index is 12.4. The van der Waals surface area contributed by atoms with Gasteiger partial charge in [-0.15, -0.1) is 0 Å². The van der Waals surface area contributed by atoms with Gasteiger partial charge in [-0.25, -0.2) is 13.1 Å². The third kappa shape index (κ3) is 2.83. The van der Waals surface area contributed by atoms with Gasteiger partial charge in [0, 0.05) is 18.9 Å². The van der Waals surface area contributed by atoms with Crippen LogP contribution in [0.1, 0.15) is 16.8 Å². The predicted molar refractivity (Wildman–Crippen MR) is 77.6 cm³/mol. The quantitative estimate of drug-likeness (QED) is 0.826. The zero-order valence-corrected chi connectivity index (χ0v) is 12.5. The largest absolute Gasteiger partial charge is 0.399 e. The molecule has 6 nitrogen and oxygen atoms in total. The first-order valence-electron chi connectivity index (χ1n) is 6.14. The van der Waals surface area contributed by atoms with Crippen molar-refractivity contribution in [1.82, 2.24) is 14.5 Å². The van der Waals surface area contributed by atoms with E-state index in [0.717, 1.165) is 11.3 Å². The van der Waals surface area contributed by atoms with E-state index in [4.69, 9.17) is 5.73 Å². The molecule has 0 saturated heterocycles. The van der Waals surface area contributed by atoms with Crippen LogP contribution in [0.4, 0.5) is 5.69 Å². The summed E-state index contributed by atoms with van der Waals surface area (Å²) in [5.41, 5.74) is 8.51. The predicted octanol–water partition coefficient (Wildman–Crippen LogP) is 1.10. The van der Waals surface area contributed by atoms with Crippen LogP contribution >= 0.6 is 0 Å². The fourth-order valence-corrected chi connectivity index (χ4v) is 3.30. The van der Waals surface area contributed by atoms with Gasteiger partial charge in [0.15, 0.2) is 0 Å². The van der Waals surface area contributed by atoms with Crippen molar-refractivity contribution in [3.63, 3.8) is 0 Å². The molecule has 7 heteroatoms. The number of nitrogen functional groups attached to an aromatic ring is 1. The van der Waals surface area contributed by atoms with E-state index in [-0.39, 0.29) is 11.4 Å². The standard InChI is InChI=1S/C13H18N4O2S/c1-9-6-11(14)7-13(10(9)2)20(18,19)16-8-12-4-5-15-17(12)3/h4-7,16H,8,14H2,1-3H3. The van der Waals surface area contributed by atoms with E-state index < -0.39 is 10.0 Å². The Labute approximate surface area is 118 Å². The Kier molecular flexibility index (Phi) is 3.82. The maximum absolute atomic E-state index is 12.4. The summed E-state index contributed by atoms with van der Waals surface area (Å²) in [5, 5.41) is 4.00. The molecule has 1 aromatic heterocycles. The molecule has 0 aliphatic rings. The number of benzene rings is 1. The highest BCUT2D eigenvalue weighted by atomic mass is 32.2. The smallest absolute Gasteiger partial charge is 0.241 e. The lowest BCUT2D eigenvalue weighted by Gasteiger charge is -2.12. The first-order chi connectivity index (χ1) is 9.31. The molecular weight excluding hydrogens is 276 g/mol. The van der Waals surface area contributed by atoms with Crippen molar-refractivity contribution in [1.29, 1.82) is 0 Å². The van der Waals surface area contributed by atoms with E-state index in [0.29, 0.717) is 11.3 Å². The van der Waals surface area contributed by atoms with Crippen LogP contribution in [-0.4, -0.2) is 18.2 Å². The Morgan fingerprint density at radius 2 is 2.05 bits per heavy atom. The molecule has 0 aliphatic carbocycles. The van der Waals surface area contributed by atoms with Crippen molar-refractivity contribution in [2.75, 3.05) is 5.73 Å². The number of aromatic nitrogens is 2. The summed E-state index contributed by atoms with van der Waals surface area (Å²) in [4.78, 5) is 0.220. The number of nitrogens with two attached hydrogens (primary N) is 1. The number of nitrogens with zero attached hydrogens (tertiary/aromatic N) is 2. The topological polar surface area (TPSA) is 90.0 Å². The highest BCUT2D eigenvalue weighted by molar-refractivity contribution is 7.89. The lowest BCUT2D eigenvalue weighted by molar-refractivity contribution is 0.576. The molecule has 1 heterocycles. The van der Waals surface area contributed by atoms with Gasteiger partial charge in [0.05, 0.1) is 17.1 Å².